The fourth-order valence-electron chi connectivity index (χ4n) is 5.94. The quantitative estimate of drug-likeness (QED) is 0.240. The van der Waals surface area contributed by atoms with Gasteiger partial charge in [-0.05, 0) is 83.5 Å². The monoisotopic (exact) mass is 582 g/mol. The smallest absolute Gasteiger partial charge is 0.235 e. The van der Waals surface area contributed by atoms with E-state index in [-0.39, 0.29) is 24.1 Å². The minimum atomic E-state index is -0.387. The molecule has 0 aliphatic carbocycles. The number of ether oxygens (including phenoxy) is 3. The van der Waals surface area contributed by atoms with Gasteiger partial charge >= 0.3 is 0 Å². The molecule has 7 heteroatoms. The van der Waals surface area contributed by atoms with Gasteiger partial charge in [-0.25, -0.2) is 0 Å². The van der Waals surface area contributed by atoms with E-state index in [1.165, 1.54) is 5.56 Å². The molecule has 0 radical (unpaired) electrons. The average molecular weight is 583 g/mol. The molecule has 2 aliphatic rings. The zero-order valence-corrected chi connectivity index (χ0v) is 24.6. The Morgan fingerprint density at radius 3 is 2.50 bits per heavy atom. The summed E-state index contributed by atoms with van der Waals surface area (Å²) in [4.78, 5) is 14.8. The number of nitrogens with two attached hydrogens (primary N) is 1. The van der Waals surface area contributed by atoms with E-state index in [4.69, 9.17) is 31.5 Å². The SMILES string of the molecule is CCC(c1ccccc1)N1Cc2cc3c(cc2CC1C(N)=O)OCC(c1ccc(OCc2ccc(C)c(Cl)c2)cc1)O3. The van der Waals surface area contributed by atoms with E-state index in [0.29, 0.717) is 37.7 Å². The maximum Gasteiger partial charge on any atom is 0.235 e. The zero-order valence-electron chi connectivity index (χ0n) is 23.9. The normalized spacial score (nSPS) is 18.6. The van der Waals surface area contributed by atoms with E-state index in [9.17, 15) is 4.79 Å². The summed E-state index contributed by atoms with van der Waals surface area (Å²) >= 11 is 6.25. The third-order valence-corrected chi connectivity index (χ3v) is 8.69. The maximum absolute atomic E-state index is 12.6. The lowest BCUT2D eigenvalue weighted by Gasteiger charge is -2.41. The highest BCUT2D eigenvalue weighted by atomic mass is 35.5. The average Bonchev–Trinajstić information content (AvgIpc) is 3.01. The predicted octanol–water partition coefficient (Wildman–Crippen LogP) is 7.10. The van der Waals surface area contributed by atoms with Crippen LogP contribution in [0.2, 0.25) is 5.02 Å². The van der Waals surface area contributed by atoms with Gasteiger partial charge in [0.05, 0.1) is 6.04 Å². The fourth-order valence-corrected chi connectivity index (χ4v) is 6.14. The van der Waals surface area contributed by atoms with Crippen LogP contribution in [0, 0.1) is 6.92 Å². The van der Waals surface area contributed by atoms with Crippen LogP contribution in [0.5, 0.6) is 17.2 Å². The Hall–Kier alpha value is -4.00. The van der Waals surface area contributed by atoms with Crippen molar-refractivity contribution >= 4 is 17.5 Å². The first kappa shape index (κ1) is 28.1. The van der Waals surface area contributed by atoms with E-state index >= 15 is 0 Å². The van der Waals surface area contributed by atoms with E-state index in [2.05, 4.69) is 30.0 Å². The summed E-state index contributed by atoms with van der Waals surface area (Å²) in [6.45, 7) is 5.57. The number of primary amides is 1. The molecule has 6 rings (SSSR count). The highest BCUT2D eigenvalue weighted by Crippen LogP contribution is 2.42. The van der Waals surface area contributed by atoms with Gasteiger partial charge in [0.1, 0.15) is 19.0 Å². The lowest BCUT2D eigenvalue weighted by molar-refractivity contribution is -0.125. The van der Waals surface area contributed by atoms with Crippen LogP contribution < -0.4 is 19.9 Å². The second kappa shape index (κ2) is 12.1. The summed E-state index contributed by atoms with van der Waals surface area (Å²) < 4.78 is 18.6. The van der Waals surface area contributed by atoms with Crippen molar-refractivity contribution in [2.24, 2.45) is 5.73 Å². The molecule has 2 heterocycles. The molecule has 4 aromatic rings. The minimum absolute atomic E-state index is 0.0847. The Morgan fingerprint density at radius 1 is 1.02 bits per heavy atom. The highest BCUT2D eigenvalue weighted by molar-refractivity contribution is 6.31. The second-order valence-electron chi connectivity index (χ2n) is 11.1. The topological polar surface area (TPSA) is 74.0 Å². The molecule has 3 unspecified atom stereocenters. The van der Waals surface area contributed by atoms with Crippen molar-refractivity contribution in [3.8, 4) is 17.2 Å². The Bertz CT molecular complexity index is 1570. The number of amides is 1. The number of halogens is 1. The van der Waals surface area contributed by atoms with Crippen molar-refractivity contribution in [3.05, 3.63) is 123 Å². The molecule has 216 valence electrons. The molecule has 6 nitrogen and oxygen atoms in total. The number of benzene rings is 4. The van der Waals surface area contributed by atoms with Crippen molar-refractivity contribution in [3.63, 3.8) is 0 Å². The van der Waals surface area contributed by atoms with E-state index in [0.717, 1.165) is 45.0 Å². The lowest BCUT2D eigenvalue weighted by atomic mass is 9.89. The largest absolute Gasteiger partial charge is 0.489 e. The highest BCUT2D eigenvalue weighted by Gasteiger charge is 2.36. The molecular weight excluding hydrogens is 548 g/mol. The number of carbonyl (C=O) groups is 1. The first-order valence-electron chi connectivity index (χ1n) is 14.4. The van der Waals surface area contributed by atoms with Gasteiger partial charge < -0.3 is 19.9 Å². The third-order valence-electron chi connectivity index (χ3n) is 8.29. The minimum Gasteiger partial charge on any atom is -0.489 e. The van der Waals surface area contributed by atoms with Gasteiger partial charge in [0.15, 0.2) is 17.6 Å². The van der Waals surface area contributed by atoms with Gasteiger partial charge in [-0.2, -0.15) is 0 Å². The van der Waals surface area contributed by atoms with Gasteiger partial charge in [0.2, 0.25) is 5.91 Å². The van der Waals surface area contributed by atoms with Gasteiger partial charge in [-0.15, -0.1) is 0 Å². The van der Waals surface area contributed by atoms with Crippen molar-refractivity contribution < 1.29 is 19.0 Å². The molecule has 2 aliphatic heterocycles. The molecule has 2 N–H and O–H groups in total. The number of carbonyl (C=O) groups excluding carboxylic acids is 1. The van der Waals surface area contributed by atoms with Crippen molar-refractivity contribution in [2.45, 2.75) is 58.0 Å². The lowest BCUT2D eigenvalue weighted by Crippen LogP contribution is -2.49. The van der Waals surface area contributed by atoms with Crippen molar-refractivity contribution in [1.82, 2.24) is 4.90 Å². The molecule has 0 saturated carbocycles. The molecule has 0 spiro atoms. The molecule has 42 heavy (non-hydrogen) atoms. The number of hydrogen-bond donors (Lipinski definition) is 1. The number of aryl methyl sites for hydroxylation is 1. The van der Waals surface area contributed by atoms with Crippen molar-refractivity contribution in [1.29, 1.82) is 0 Å². The van der Waals surface area contributed by atoms with Gasteiger partial charge in [0, 0.05) is 17.6 Å². The third kappa shape index (κ3) is 5.83. The number of hydrogen-bond acceptors (Lipinski definition) is 5. The molecular formula is C35H35ClN2O4. The van der Waals surface area contributed by atoms with E-state index < -0.39 is 0 Å². The fraction of sp³-hybridized carbons (Fsp3) is 0.286. The maximum atomic E-state index is 12.6. The van der Waals surface area contributed by atoms with Crippen LogP contribution in [0.4, 0.5) is 0 Å². The first-order valence-corrected chi connectivity index (χ1v) is 14.8. The number of rotatable bonds is 8. The Kier molecular flexibility index (Phi) is 8.09. The van der Waals surface area contributed by atoms with Crippen LogP contribution >= 0.6 is 11.6 Å². The summed E-state index contributed by atoms with van der Waals surface area (Å²) in [7, 11) is 0. The summed E-state index contributed by atoms with van der Waals surface area (Å²) in [5, 5.41) is 0.740. The van der Waals surface area contributed by atoms with Crippen LogP contribution in [-0.2, 0) is 24.4 Å². The van der Waals surface area contributed by atoms with Crippen molar-refractivity contribution in [2.75, 3.05) is 6.61 Å². The van der Waals surface area contributed by atoms with Gasteiger partial charge in [0.25, 0.3) is 0 Å². The van der Waals surface area contributed by atoms with Crippen LogP contribution in [0.1, 0.15) is 58.9 Å². The Labute approximate surface area is 252 Å². The van der Waals surface area contributed by atoms with Crippen LogP contribution in [0.3, 0.4) is 0 Å². The van der Waals surface area contributed by atoms with Crippen LogP contribution in [0.15, 0.2) is 84.9 Å². The predicted molar refractivity (Wildman–Crippen MR) is 164 cm³/mol. The van der Waals surface area contributed by atoms with Gasteiger partial charge in [-0.1, -0.05) is 73.1 Å². The summed E-state index contributed by atoms with van der Waals surface area (Å²) in [5.74, 6) is 1.88. The van der Waals surface area contributed by atoms with Gasteiger partial charge in [-0.3, -0.25) is 9.69 Å². The van der Waals surface area contributed by atoms with E-state index in [1.54, 1.807) is 0 Å². The molecule has 0 bridgehead atoms. The number of nitrogens with zero attached hydrogens (tertiary/aromatic N) is 1. The number of fused-ring (bicyclic) bond motifs is 2. The Morgan fingerprint density at radius 2 is 1.79 bits per heavy atom. The standard InChI is InChI=1S/C35H35ClN2O4/c1-3-30(24-7-5-4-6-8-24)38-19-27-18-33-32(17-26(27)16-31(38)35(37)39)41-21-34(42-33)25-11-13-28(14-12-25)40-20-23-10-9-22(2)29(36)15-23/h4-15,17-18,30-31,34H,3,16,19-21H2,1-2H3,(H2,37,39). The first-order chi connectivity index (χ1) is 20.4. The van der Waals surface area contributed by atoms with Crippen LogP contribution in [-0.4, -0.2) is 23.5 Å². The molecule has 4 aromatic carbocycles. The zero-order chi connectivity index (χ0) is 29.2. The van der Waals surface area contributed by atoms with E-state index in [1.807, 2.05) is 73.7 Å². The molecule has 0 aromatic heterocycles. The Balaban J connectivity index is 1.17. The second-order valence-corrected chi connectivity index (χ2v) is 11.5. The summed E-state index contributed by atoms with van der Waals surface area (Å²) in [5.41, 5.74) is 12.4. The molecule has 1 amide bonds. The molecule has 0 fully saturated rings. The molecule has 0 saturated heterocycles. The summed E-state index contributed by atoms with van der Waals surface area (Å²) in [6, 6.07) is 28.0. The van der Waals surface area contributed by atoms with Crippen LogP contribution in [0.25, 0.3) is 0 Å². The summed E-state index contributed by atoms with van der Waals surface area (Å²) in [6.07, 6.45) is 1.17. The molecule has 3 atom stereocenters.